The first kappa shape index (κ1) is 16.5. The third kappa shape index (κ3) is 4.57. The highest BCUT2D eigenvalue weighted by atomic mass is 79.9. The van der Waals surface area contributed by atoms with E-state index in [9.17, 15) is 13.2 Å². The Hall–Kier alpha value is -0.820. The van der Waals surface area contributed by atoms with E-state index in [1.807, 2.05) is 0 Å². The van der Waals surface area contributed by atoms with E-state index in [0.29, 0.717) is 20.1 Å². The fraction of sp³-hybridized carbons (Fsp3) is 0.154. The van der Waals surface area contributed by atoms with Crippen molar-refractivity contribution in [1.29, 1.82) is 0 Å². The maximum Gasteiger partial charge on any atom is 0.199 e. The van der Waals surface area contributed by atoms with Crippen molar-refractivity contribution in [2.45, 2.75) is 11.5 Å². The van der Waals surface area contributed by atoms with Gasteiger partial charge in [-0.05, 0) is 39.7 Å². The Balaban J connectivity index is 2.27. The molecule has 4 nitrogen and oxygen atoms in total. The van der Waals surface area contributed by atoms with Crippen molar-refractivity contribution in [2.24, 2.45) is 0 Å². The minimum absolute atomic E-state index is 0.178. The zero-order valence-electron chi connectivity index (χ0n) is 10.6. The van der Waals surface area contributed by atoms with E-state index in [4.69, 9.17) is 23.2 Å². The van der Waals surface area contributed by atoms with Crippen LogP contribution in [0.15, 0.2) is 39.9 Å². The van der Waals surface area contributed by atoms with E-state index in [2.05, 4.69) is 20.9 Å². The molecular formula is C13H10BrCl2NO3S. The Morgan fingerprint density at radius 1 is 1.05 bits per heavy atom. The number of aromatic amines is 1. The zero-order valence-corrected chi connectivity index (χ0v) is 14.5. The largest absolute Gasteiger partial charge is 0.366 e. The smallest absolute Gasteiger partial charge is 0.199 e. The van der Waals surface area contributed by atoms with Crippen molar-refractivity contribution in [1.82, 2.24) is 4.98 Å². The summed E-state index contributed by atoms with van der Waals surface area (Å²) in [5.41, 5.74) is 0.317. The molecule has 0 amide bonds. The third-order valence-corrected chi connectivity index (χ3v) is 5.21. The van der Waals surface area contributed by atoms with Crippen LogP contribution in [-0.4, -0.2) is 13.4 Å². The molecule has 1 aromatic heterocycles. The van der Waals surface area contributed by atoms with Crippen molar-refractivity contribution in [3.05, 3.63) is 66.5 Å². The normalized spacial score (nSPS) is 11.6. The highest BCUT2D eigenvalue weighted by Crippen LogP contribution is 2.21. The maximum absolute atomic E-state index is 12.2. The summed E-state index contributed by atoms with van der Waals surface area (Å²) in [5.74, 6) is -0.592. The van der Waals surface area contributed by atoms with E-state index in [1.165, 1.54) is 30.6 Å². The van der Waals surface area contributed by atoms with E-state index < -0.39 is 9.84 Å². The lowest BCUT2D eigenvalue weighted by Gasteiger charge is -2.06. The molecule has 0 fully saturated rings. The van der Waals surface area contributed by atoms with Gasteiger partial charge in [-0.1, -0.05) is 23.2 Å². The fourth-order valence-corrected chi connectivity index (χ4v) is 4.27. The van der Waals surface area contributed by atoms with Crippen LogP contribution in [0, 0.1) is 0 Å². The lowest BCUT2D eigenvalue weighted by atomic mass is 10.2. The van der Waals surface area contributed by atoms with Gasteiger partial charge in [-0.2, -0.15) is 0 Å². The number of H-pyrrole nitrogens is 1. The number of benzene rings is 1. The van der Waals surface area contributed by atoms with Gasteiger partial charge in [0, 0.05) is 28.0 Å². The second-order valence-corrected chi connectivity index (χ2v) is 8.26. The van der Waals surface area contributed by atoms with E-state index >= 15 is 0 Å². The molecule has 1 N–H and O–H groups in total. The highest BCUT2D eigenvalue weighted by Gasteiger charge is 2.17. The summed E-state index contributed by atoms with van der Waals surface area (Å²) >= 11 is 14.8. The topological polar surface area (TPSA) is 67.0 Å². The van der Waals surface area contributed by atoms with Crippen LogP contribution in [0.5, 0.6) is 0 Å². The molecule has 0 saturated carbocycles. The summed E-state index contributed by atoms with van der Waals surface area (Å²) in [6.07, 6.45) is 2.84. The Bertz CT molecular complexity index is 813. The van der Waals surface area contributed by atoms with Gasteiger partial charge in [0.1, 0.15) is 0 Å². The lowest BCUT2D eigenvalue weighted by Crippen LogP contribution is -2.16. The Morgan fingerprint density at radius 3 is 2.29 bits per heavy atom. The van der Waals surface area contributed by atoms with Crippen LogP contribution in [0.1, 0.15) is 11.1 Å². The molecule has 0 unspecified atom stereocenters. The predicted molar refractivity (Wildman–Crippen MR) is 87.6 cm³/mol. The van der Waals surface area contributed by atoms with Crippen LogP contribution >= 0.6 is 39.1 Å². The van der Waals surface area contributed by atoms with Gasteiger partial charge in [0.25, 0.3) is 0 Å². The molecule has 0 atom stereocenters. The SMILES string of the molecule is O=c1c(Br)c[nH]cc1CS(=O)(=O)Cc1cc(Cl)cc(Cl)c1. The van der Waals surface area contributed by atoms with Crippen LogP contribution in [0.2, 0.25) is 10.0 Å². The summed E-state index contributed by atoms with van der Waals surface area (Å²) in [6, 6.07) is 4.60. The molecule has 112 valence electrons. The van der Waals surface area contributed by atoms with Crippen LogP contribution in [0.25, 0.3) is 0 Å². The number of aromatic nitrogens is 1. The first-order chi connectivity index (χ1) is 9.77. The summed E-state index contributed by atoms with van der Waals surface area (Å²) in [4.78, 5) is 14.6. The summed E-state index contributed by atoms with van der Waals surface area (Å²) < 4.78 is 24.7. The molecule has 0 aliphatic rings. The molecule has 0 saturated heterocycles. The van der Waals surface area contributed by atoms with Gasteiger partial charge in [0.05, 0.1) is 16.0 Å². The second-order valence-electron chi connectivity index (χ2n) is 4.47. The maximum atomic E-state index is 12.2. The molecule has 21 heavy (non-hydrogen) atoms. The number of sulfone groups is 1. The van der Waals surface area contributed by atoms with Crippen LogP contribution in [0.4, 0.5) is 0 Å². The van der Waals surface area contributed by atoms with Crippen molar-refractivity contribution < 1.29 is 8.42 Å². The molecule has 0 bridgehead atoms. The second kappa shape index (κ2) is 6.52. The van der Waals surface area contributed by atoms with Crippen molar-refractivity contribution in [3.63, 3.8) is 0 Å². The van der Waals surface area contributed by atoms with Gasteiger partial charge in [-0.15, -0.1) is 0 Å². The quantitative estimate of drug-likeness (QED) is 0.837. The van der Waals surface area contributed by atoms with Crippen LogP contribution in [0.3, 0.4) is 0 Å². The molecule has 1 aromatic carbocycles. The number of halogens is 3. The van der Waals surface area contributed by atoms with Gasteiger partial charge < -0.3 is 4.98 Å². The number of pyridine rings is 1. The molecule has 8 heteroatoms. The third-order valence-electron chi connectivity index (χ3n) is 2.66. The minimum Gasteiger partial charge on any atom is -0.366 e. The van der Waals surface area contributed by atoms with Gasteiger partial charge >= 0.3 is 0 Å². The van der Waals surface area contributed by atoms with Crippen LogP contribution in [-0.2, 0) is 21.3 Å². The van der Waals surface area contributed by atoms with Crippen molar-refractivity contribution in [2.75, 3.05) is 0 Å². The van der Waals surface area contributed by atoms with Gasteiger partial charge in [-0.3, -0.25) is 4.79 Å². The summed E-state index contributed by atoms with van der Waals surface area (Å²) in [7, 11) is -3.52. The van der Waals surface area contributed by atoms with E-state index in [1.54, 1.807) is 0 Å². The average molecular weight is 411 g/mol. The summed E-state index contributed by atoms with van der Waals surface area (Å²) in [5, 5.41) is 0.737. The number of rotatable bonds is 4. The standard InChI is InChI=1S/C13H10BrCl2NO3S/c14-12-5-17-4-9(13(12)18)7-21(19,20)6-8-1-10(15)3-11(16)2-8/h1-5H,6-7H2,(H,17,18). The molecule has 0 aliphatic carbocycles. The zero-order chi connectivity index (χ0) is 15.6. The lowest BCUT2D eigenvalue weighted by molar-refractivity contribution is 0.594. The molecule has 2 aromatic rings. The van der Waals surface area contributed by atoms with E-state index in [0.717, 1.165) is 0 Å². The monoisotopic (exact) mass is 409 g/mol. The minimum atomic E-state index is -3.52. The molecule has 0 radical (unpaired) electrons. The predicted octanol–water partition coefficient (Wildman–Crippen LogP) is 3.56. The highest BCUT2D eigenvalue weighted by molar-refractivity contribution is 9.10. The average Bonchev–Trinajstić information content (AvgIpc) is 2.32. The van der Waals surface area contributed by atoms with E-state index in [-0.39, 0.29) is 22.5 Å². The Morgan fingerprint density at radius 2 is 1.67 bits per heavy atom. The molecule has 2 rings (SSSR count). The molecule has 0 spiro atoms. The van der Waals surface area contributed by atoms with Gasteiger partial charge in [-0.25, -0.2) is 8.42 Å². The Kier molecular flexibility index (Phi) is 5.14. The number of hydrogen-bond acceptors (Lipinski definition) is 3. The van der Waals surface area contributed by atoms with Gasteiger partial charge in [0.2, 0.25) is 0 Å². The molecule has 1 heterocycles. The molecule has 0 aliphatic heterocycles. The summed E-state index contributed by atoms with van der Waals surface area (Å²) in [6.45, 7) is 0. The van der Waals surface area contributed by atoms with Crippen LogP contribution < -0.4 is 5.43 Å². The number of hydrogen-bond donors (Lipinski definition) is 1. The number of nitrogens with one attached hydrogen (secondary N) is 1. The first-order valence-corrected chi connectivity index (χ1v) is 9.15. The first-order valence-electron chi connectivity index (χ1n) is 5.78. The van der Waals surface area contributed by atoms with Gasteiger partial charge in [0.15, 0.2) is 15.3 Å². The van der Waals surface area contributed by atoms with Crippen molar-refractivity contribution >= 4 is 49.0 Å². The Labute approximate surface area is 140 Å². The molecular weight excluding hydrogens is 401 g/mol. The fourth-order valence-electron chi connectivity index (χ4n) is 1.84. The van der Waals surface area contributed by atoms with Crippen molar-refractivity contribution in [3.8, 4) is 0 Å².